The fraction of sp³-hybridized carbons (Fsp3) is 0.423. The second kappa shape index (κ2) is 11.9. The van der Waals surface area contributed by atoms with E-state index < -0.39 is 16.0 Å². The molecule has 0 saturated carbocycles. The fourth-order valence-corrected chi connectivity index (χ4v) is 6.14. The van der Waals surface area contributed by atoms with Crippen molar-refractivity contribution < 1.29 is 27.4 Å². The highest BCUT2D eigenvalue weighted by atomic mass is 32.2. The molecule has 0 radical (unpaired) electrons. The van der Waals surface area contributed by atoms with Crippen LogP contribution >= 0.6 is 0 Å². The molecule has 1 aromatic heterocycles. The maximum Gasteiger partial charge on any atom is 0.338 e. The van der Waals surface area contributed by atoms with Crippen LogP contribution in [0.15, 0.2) is 48.7 Å². The molecule has 1 aliphatic rings. The number of nitrogens with zero attached hydrogens (tertiary/aromatic N) is 5. The van der Waals surface area contributed by atoms with E-state index in [0.717, 1.165) is 11.1 Å². The van der Waals surface area contributed by atoms with Crippen molar-refractivity contribution in [2.24, 2.45) is 0 Å². The molecule has 11 nitrogen and oxygen atoms in total. The average Bonchev–Trinajstić information content (AvgIpc) is 3.46. The molecule has 2 aromatic carbocycles. The molecule has 1 aliphatic heterocycles. The number of carbonyl (C=O) groups excluding carboxylic acids is 1. The largest absolute Gasteiger partial charge is 0.493 e. The number of esters is 1. The number of ether oxygens (including phenoxy) is 3. The molecule has 0 amide bonds. The molecule has 1 atom stereocenters. The van der Waals surface area contributed by atoms with Gasteiger partial charge in [-0.3, -0.25) is 4.90 Å². The molecule has 3 aromatic rings. The summed E-state index contributed by atoms with van der Waals surface area (Å²) in [6.45, 7) is 3.59. The Morgan fingerprint density at radius 1 is 1.11 bits per heavy atom. The lowest BCUT2D eigenvalue weighted by molar-refractivity contribution is 0.0457. The summed E-state index contributed by atoms with van der Waals surface area (Å²) in [5, 5.41) is 8.33. The van der Waals surface area contributed by atoms with Gasteiger partial charge in [0.2, 0.25) is 10.0 Å². The number of hydrogen-bond donors (Lipinski definition) is 0. The predicted octanol–water partition coefficient (Wildman–Crippen LogP) is 1.95. The predicted molar refractivity (Wildman–Crippen MR) is 141 cm³/mol. The van der Waals surface area contributed by atoms with Crippen molar-refractivity contribution in [2.45, 2.75) is 26.1 Å². The van der Waals surface area contributed by atoms with Crippen LogP contribution in [0, 0.1) is 6.92 Å². The van der Waals surface area contributed by atoms with Gasteiger partial charge in [-0.15, -0.1) is 5.10 Å². The van der Waals surface area contributed by atoms with Crippen LogP contribution in [0.4, 0.5) is 0 Å². The van der Waals surface area contributed by atoms with E-state index in [2.05, 4.69) is 16.4 Å². The number of rotatable bonds is 11. The molecule has 1 fully saturated rings. The van der Waals surface area contributed by atoms with Crippen molar-refractivity contribution in [2.75, 3.05) is 46.7 Å². The minimum atomic E-state index is -3.45. The highest BCUT2D eigenvalue weighted by Crippen LogP contribution is 2.28. The Labute approximate surface area is 222 Å². The van der Waals surface area contributed by atoms with Crippen molar-refractivity contribution in [1.82, 2.24) is 24.2 Å². The van der Waals surface area contributed by atoms with Crippen LogP contribution in [0.2, 0.25) is 0 Å². The molecule has 0 bridgehead atoms. The van der Waals surface area contributed by atoms with Gasteiger partial charge in [-0.2, -0.15) is 4.31 Å². The smallest absolute Gasteiger partial charge is 0.338 e. The van der Waals surface area contributed by atoms with Gasteiger partial charge in [0, 0.05) is 19.1 Å². The molecule has 0 aliphatic carbocycles. The van der Waals surface area contributed by atoms with E-state index >= 15 is 0 Å². The summed E-state index contributed by atoms with van der Waals surface area (Å²) in [7, 11) is 1.39. The number of sulfonamides is 1. The molecule has 1 unspecified atom stereocenters. The van der Waals surface area contributed by atoms with Crippen LogP contribution in [0.1, 0.15) is 27.2 Å². The first-order chi connectivity index (χ1) is 18.2. The van der Waals surface area contributed by atoms with Gasteiger partial charge in [-0.25, -0.2) is 17.9 Å². The normalized spacial score (nSPS) is 17.0. The molecule has 2 heterocycles. The van der Waals surface area contributed by atoms with Crippen molar-refractivity contribution in [3.05, 3.63) is 71.0 Å². The Morgan fingerprint density at radius 3 is 2.63 bits per heavy atom. The van der Waals surface area contributed by atoms with Crippen molar-refractivity contribution in [3.63, 3.8) is 0 Å². The monoisotopic (exact) mass is 543 g/mol. The van der Waals surface area contributed by atoms with Crippen LogP contribution in [-0.2, 0) is 27.8 Å². The van der Waals surface area contributed by atoms with E-state index in [1.807, 2.05) is 37.1 Å². The Balaban J connectivity index is 1.28. The molecule has 12 heteroatoms. The summed E-state index contributed by atoms with van der Waals surface area (Å²) in [6.07, 6.45) is 1.78. The van der Waals surface area contributed by atoms with E-state index in [-0.39, 0.29) is 24.9 Å². The minimum Gasteiger partial charge on any atom is -0.493 e. The highest BCUT2D eigenvalue weighted by molar-refractivity contribution is 7.89. The zero-order chi connectivity index (χ0) is 27.3. The third-order valence-electron chi connectivity index (χ3n) is 6.48. The van der Waals surface area contributed by atoms with Gasteiger partial charge in [-0.1, -0.05) is 35.0 Å². The number of hydrogen-bond acceptors (Lipinski definition) is 9. The second-order valence-electron chi connectivity index (χ2n) is 9.31. The van der Waals surface area contributed by atoms with E-state index in [1.165, 1.54) is 18.5 Å². The quantitative estimate of drug-likeness (QED) is 0.335. The number of aromatic nitrogens is 3. The highest BCUT2D eigenvalue weighted by Gasteiger charge is 2.38. The first-order valence-corrected chi connectivity index (χ1v) is 13.8. The van der Waals surface area contributed by atoms with Crippen LogP contribution in [0.5, 0.6) is 11.5 Å². The Kier molecular flexibility index (Phi) is 8.65. The summed E-state index contributed by atoms with van der Waals surface area (Å²) >= 11 is 0. The van der Waals surface area contributed by atoms with Gasteiger partial charge >= 0.3 is 5.97 Å². The standard InChI is InChI=1S/C26H33N5O6S/c1-19-6-5-7-20(12-19)14-30-15-22(27-28-30)16-31-17-23(18-38(31,33)34)29(2)10-11-37-26(32)21-8-9-24(35-3)25(13-21)36-4/h5-9,12-13,15,23H,10-11,14,16-18H2,1-4H3. The van der Waals surface area contributed by atoms with Crippen molar-refractivity contribution in [1.29, 1.82) is 0 Å². The second-order valence-corrected chi connectivity index (χ2v) is 11.3. The Morgan fingerprint density at radius 2 is 1.89 bits per heavy atom. The fourth-order valence-electron chi connectivity index (χ4n) is 4.36. The van der Waals surface area contributed by atoms with E-state index in [1.54, 1.807) is 29.1 Å². The summed E-state index contributed by atoms with van der Waals surface area (Å²) in [5.74, 6) is 0.453. The van der Waals surface area contributed by atoms with Gasteiger partial charge in [0.15, 0.2) is 11.5 Å². The lowest BCUT2D eigenvalue weighted by Gasteiger charge is -2.22. The average molecular weight is 544 g/mol. The summed E-state index contributed by atoms with van der Waals surface area (Å²) in [4.78, 5) is 14.3. The number of methoxy groups -OCH3 is 2. The van der Waals surface area contributed by atoms with Crippen LogP contribution in [0.25, 0.3) is 0 Å². The minimum absolute atomic E-state index is 0.00937. The van der Waals surface area contributed by atoms with Crippen molar-refractivity contribution in [3.8, 4) is 11.5 Å². The van der Waals surface area contributed by atoms with Crippen LogP contribution in [-0.4, -0.2) is 91.3 Å². The zero-order valence-corrected chi connectivity index (χ0v) is 22.8. The number of benzene rings is 2. The number of likely N-dealkylation sites (N-methyl/N-ethyl adjacent to an activating group) is 1. The van der Waals surface area contributed by atoms with E-state index in [9.17, 15) is 13.2 Å². The number of carbonyl (C=O) groups is 1. The van der Waals surface area contributed by atoms with Gasteiger partial charge in [0.05, 0.1) is 50.5 Å². The maximum atomic E-state index is 12.8. The Bertz CT molecular complexity index is 1380. The van der Waals surface area contributed by atoms with E-state index in [4.69, 9.17) is 14.2 Å². The summed E-state index contributed by atoms with van der Waals surface area (Å²) in [6, 6.07) is 12.7. The molecule has 0 spiro atoms. The Hall–Kier alpha value is -3.48. The van der Waals surface area contributed by atoms with Crippen LogP contribution in [0.3, 0.4) is 0 Å². The molecular formula is C26H33N5O6S. The summed E-state index contributed by atoms with van der Waals surface area (Å²) in [5.41, 5.74) is 3.20. The lowest BCUT2D eigenvalue weighted by Crippen LogP contribution is -2.38. The molecule has 38 heavy (non-hydrogen) atoms. The van der Waals surface area contributed by atoms with Gasteiger partial charge in [-0.05, 0) is 37.7 Å². The van der Waals surface area contributed by atoms with Gasteiger partial charge in [0.25, 0.3) is 0 Å². The summed E-state index contributed by atoms with van der Waals surface area (Å²) < 4.78 is 44.6. The van der Waals surface area contributed by atoms with Crippen molar-refractivity contribution >= 4 is 16.0 Å². The van der Waals surface area contributed by atoms with Gasteiger partial charge < -0.3 is 14.2 Å². The zero-order valence-electron chi connectivity index (χ0n) is 22.0. The molecular weight excluding hydrogens is 510 g/mol. The first-order valence-electron chi connectivity index (χ1n) is 12.2. The van der Waals surface area contributed by atoms with E-state index in [0.29, 0.717) is 42.4 Å². The number of aryl methyl sites for hydroxylation is 1. The molecule has 204 valence electrons. The SMILES string of the molecule is COc1ccc(C(=O)OCCN(C)C2CN(Cc3cn(Cc4cccc(C)c4)nn3)S(=O)(=O)C2)cc1OC. The lowest BCUT2D eigenvalue weighted by atomic mass is 10.1. The van der Waals surface area contributed by atoms with Crippen LogP contribution < -0.4 is 9.47 Å². The topological polar surface area (TPSA) is 116 Å². The van der Waals surface area contributed by atoms with Gasteiger partial charge in [0.1, 0.15) is 6.61 Å². The maximum absolute atomic E-state index is 12.8. The third kappa shape index (κ3) is 6.69. The first kappa shape index (κ1) is 27.6. The molecule has 4 rings (SSSR count). The molecule has 0 N–H and O–H groups in total. The third-order valence-corrected chi connectivity index (χ3v) is 8.35. The molecule has 1 saturated heterocycles.